The Morgan fingerprint density at radius 2 is 1.80 bits per heavy atom. The van der Waals surface area contributed by atoms with Gasteiger partial charge in [-0.05, 0) is 38.3 Å². The van der Waals surface area contributed by atoms with Crippen LogP contribution in [-0.2, 0) is 6.54 Å². The summed E-state index contributed by atoms with van der Waals surface area (Å²) in [4.78, 5) is 0. The molecule has 0 aliphatic rings. The van der Waals surface area contributed by atoms with Gasteiger partial charge in [-0.1, -0.05) is 38.1 Å². The summed E-state index contributed by atoms with van der Waals surface area (Å²) in [5.74, 6) is 0.565. The molecule has 3 heteroatoms. The third-order valence-corrected chi connectivity index (χ3v) is 3.31. The fraction of sp³-hybridized carbons (Fsp3) is 0.471. The zero-order valence-electron chi connectivity index (χ0n) is 13.1. The van der Waals surface area contributed by atoms with Gasteiger partial charge in [0.1, 0.15) is 0 Å². The van der Waals surface area contributed by atoms with Gasteiger partial charge in [0.15, 0.2) is 0 Å². The average Bonchev–Trinajstić information content (AvgIpc) is 2.84. The highest BCUT2D eigenvalue weighted by atomic mass is 15.1. The van der Waals surface area contributed by atoms with Crippen LogP contribution >= 0.6 is 0 Å². The molecule has 0 fully saturated rings. The van der Waals surface area contributed by atoms with Crippen LogP contribution in [0.2, 0.25) is 0 Å². The van der Waals surface area contributed by atoms with Gasteiger partial charge in [-0.2, -0.15) is 5.10 Å². The molecule has 0 radical (unpaired) electrons. The molecule has 108 valence electrons. The van der Waals surface area contributed by atoms with Gasteiger partial charge in [-0.3, -0.25) is 5.10 Å². The maximum atomic E-state index is 4.40. The molecule has 3 nitrogen and oxygen atoms in total. The fourth-order valence-electron chi connectivity index (χ4n) is 2.00. The summed E-state index contributed by atoms with van der Waals surface area (Å²) in [6, 6.07) is 10.8. The summed E-state index contributed by atoms with van der Waals surface area (Å²) in [5.41, 5.74) is 4.75. The van der Waals surface area contributed by atoms with E-state index < -0.39 is 0 Å². The van der Waals surface area contributed by atoms with Crippen molar-refractivity contribution in [3.63, 3.8) is 0 Å². The number of aromatic amines is 1. The molecule has 0 aliphatic carbocycles. The van der Waals surface area contributed by atoms with Crippen LogP contribution in [0.15, 0.2) is 30.3 Å². The van der Waals surface area contributed by atoms with E-state index in [9.17, 15) is 0 Å². The molecule has 0 unspecified atom stereocenters. The molecular formula is C17H25N3. The van der Waals surface area contributed by atoms with E-state index in [0.29, 0.717) is 5.92 Å². The van der Waals surface area contributed by atoms with Crippen molar-refractivity contribution in [1.82, 2.24) is 15.5 Å². The van der Waals surface area contributed by atoms with Gasteiger partial charge in [0.2, 0.25) is 0 Å². The molecule has 0 bridgehead atoms. The molecule has 0 aliphatic heterocycles. The molecule has 1 aromatic heterocycles. The maximum absolute atomic E-state index is 4.40. The summed E-state index contributed by atoms with van der Waals surface area (Å²) >= 11 is 0. The van der Waals surface area contributed by atoms with Crippen molar-refractivity contribution in [2.45, 2.75) is 52.6 Å². The second-order valence-corrected chi connectivity index (χ2v) is 6.66. The zero-order valence-corrected chi connectivity index (χ0v) is 13.1. The number of rotatable bonds is 4. The van der Waals surface area contributed by atoms with Gasteiger partial charge in [-0.15, -0.1) is 0 Å². The normalized spacial score (nSPS) is 12.1. The minimum atomic E-state index is 0.115. The van der Waals surface area contributed by atoms with E-state index in [-0.39, 0.29) is 5.54 Å². The Bertz CT molecular complexity index is 544. The first kappa shape index (κ1) is 14.8. The first-order valence-electron chi connectivity index (χ1n) is 7.25. The lowest BCUT2D eigenvalue weighted by molar-refractivity contribution is 0.421. The summed E-state index contributed by atoms with van der Waals surface area (Å²) < 4.78 is 0. The predicted molar refractivity (Wildman–Crippen MR) is 84.7 cm³/mol. The smallest absolute Gasteiger partial charge is 0.0924 e. The Balaban J connectivity index is 2.08. The van der Waals surface area contributed by atoms with Gasteiger partial charge < -0.3 is 5.32 Å². The molecule has 0 saturated carbocycles. The van der Waals surface area contributed by atoms with Gasteiger partial charge in [-0.25, -0.2) is 0 Å². The number of benzene rings is 1. The molecule has 20 heavy (non-hydrogen) atoms. The highest BCUT2D eigenvalue weighted by Crippen LogP contribution is 2.21. The number of H-pyrrole nitrogens is 1. The van der Waals surface area contributed by atoms with Gasteiger partial charge >= 0.3 is 0 Å². The largest absolute Gasteiger partial charge is 0.306 e. The molecule has 2 aromatic rings. The zero-order chi connectivity index (χ0) is 14.8. The third kappa shape index (κ3) is 3.94. The monoisotopic (exact) mass is 271 g/mol. The van der Waals surface area contributed by atoms with Crippen molar-refractivity contribution in [2.24, 2.45) is 0 Å². The van der Waals surface area contributed by atoms with Gasteiger partial charge in [0.25, 0.3) is 0 Å². The van der Waals surface area contributed by atoms with Crippen molar-refractivity contribution in [3.8, 4) is 11.3 Å². The van der Waals surface area contributed by atoms with Gasteiger partial charge in [0, 0.05) is 23.3 Å². The Kier molecular flexibility index (Phi) is 4.29. The highest BCUT2D eigenvalue weighted by molar-refractivity contribution is 5.59. The first-order valence-corrected chi connectivity index (χ1v) is 7.25. The lowest BCUT2D eigenvalue weighted by Gasteiger charge is -2.19. The molecule has 1 aromatic carbocycles. The molecule has 2 rings (SSSR count). The van der Waals surface area contributed by atoms with E-state index in [1.165, 1.54) is 5.56 Å². The lowest BCUT2D eigenvalue weighted by Crippen LogP contribution is -2.35. The van der Waals surface area contributed by atoms with Crippen molar-refractivity contribution in [2.75, 3.05) is 0 Å². The number of nitrogens with zero attached hydrogens (tertiary/aromatic N) is 1. The average molecular weight is 271 g/mol. The van der Waals surface area contributed by atoms with Crippen LogP contribution in [-0.4, -0.2) is 15.7 Å². The molecular weight excluding hydrogens is 246 g/mol. The second-order valence-electron chi connectivity index (χ2n) is 6.66. The van der Waals surface area contributed by atoms with E-state index in [4.69, 9.17) is 0 Å². The van der Waals surface area contributed by atoms with Crippen LogP contribution in [0.25, 0.3) is 11.3 Å². The SMILES string of the molecule is CC(C)c1ccc(-c2cc(CNC(C)(C)C)[nH]n2)cc1. The Labute approximate surface area is 121 Å². The number of hydrogen-bond donors (Lipinski definition) is 2. The number of nitrogens with one attached hydrogen (secondary N) is 2. The van der Waals surface area contributed by atoms with Gasteiger partial charge in [0.05, 0.1) is 5.69 Å². The Hall–Kier alpha value is -1.61. The lowest BCUT2D eigenvalue weighted by atomic mass is 10.0. The molecule has 0 saturated heterocycles. The Morgan fingerprint density at radius 3 is 2.35 bits per heavy atom. The van der Waals surface area contributed by atoms with Crippen molar-refractivity contribution in [1.29, 1.82) is 0 Å². The molecule has 0 spiro atoms. The summed E-state index contributed by atoms with van der Waals surface area (Å²) in [5, 5.41) is 11.0. The standard InChI is InChI=1S/C17H25N3/c1-12(2)13-6-8-14(9-7-13)16-10-15(19-20-16)11-18-17(3,4)5/h6-10,12,18H,11H2,1-5H3,(H,19,20). The minimum Gasteiger partial charge on any atom is -0.306 e. The highest BCUT2D eigenvalue weighted by Gasteiger charge is 2.10. The van der Waals surface area contributed by atoms with Crippen LogP contribution in [0.1, 0.15) is 51.8 Å². The van der Waals surface area contributed by atoms with Crippen LogP contribution < -0.4 is 5.32 Å². The van der Waals surface area contributed by atoms with E-state index in [2.05, 4.69) is 80.5 Å². The summed E-state index contributed by atoms with van der Waals surface area (Å²) in [6.45, 7) is 11.7. The first-order chi connectivity index (χ1) is 9.35. The van der Waals surface area contributed by atoms with Crippen molar-refractivity contribution >= 4 is 0 Å². The molecule has 1 heterocycles. The van der Waals surface area contributed by atoms with Crippen molar-refractivity contribution < 1.29 is 0 Å². The van der Waals surface area contributed by atoms with E-state index in [1.807, 2.05) is 0 Å². The topological polar surface area (TPSA) is 40.7 Å². The Morgan fingerprint density at radius 1 is 1.15 bits per heavy atom. The van der Waals surface area contributed by atoms with Crippen LogP contribution in [0.4, 0.5) is 0 Å². The molecule has 0 atom stereocenters. The summed E-state index contributed by atoms with van der Waals surface area (Å²) in [7, 11) is 0. The minimum absolute atomic E-state index is 0.115. The van der Waals surface area contributed by atoms with Crippen LogP contribution in [0, 0.1) is 0 Å². The van der Waals surface area contributed by atoms with Crippen LogP contribution in [0.3, 0.4) is 0 Å². The van der Waals surface area contributed by atoms with E-state index in [1.54, 1.807) is 0 Å². The summed E-state index contributed by atoms with van der Waals surface area (Å²) in [6.07, 6.45) is 0. The van der Waals surface area contributed by atoms with E-state index in [0.717, 1.165) is 23.5 Å². The third-order valence-electron chi connectivity index (χ3n) is 3.31. The van der Waals surface area contributed by atoms with E-state index >= 15 is 0 Å². The fourth-order valence-corrected chi connectivity index (χ4v) is 2.00. The van der Waals surface area contributed by atoms with Crippen LogP contribution in [0.5, 0.6) is 0 Å². The predicted octanol–water partition coefficient (Wildman–Crippen LogP) is 4.09. The number of aromatic nitrogens is 2. The maximum Gasteiger partial charge on any atom is 0.0924 e. The quantitative estimate of drug-likeness (QED) is 0.879. The number of hydrogen-bond acceptors (Lipinski definition) is 2. The second kappa shape index (κ2) is 5.80. The molecule has 2 N–H and O–H groups in total. The van der Waals surface area contributed by atoms with Crippen molar-refractivity contribution in [3.05, 3.63) is 41.6 Å². The molecule has 0 amide bonds.